The molecule has 0 spiro atoms. The summed E-state index contributed by atoms with van der Waals surface area (Å²) < 4.78 is 14.7. The second kappa shape index (κ2) is 6.86. The lowest BCUT2D eigenvalue weighted by molar-refractivity contribution is 0.598. The van der Waals surface area contributed by atoms with Crippen LogP contribution in [-0.2, 0) is 5.33 Å². The van der Waals surface area contributed by atoms with Crippen molar-refractivity contribution in [3.8, 4) is 12.3 Å². The quantitative estimate of drug-likeness (QED) is 0.333. The lowest BCUT2D eigenvalue weighted by atomic mass is 9.94. The highest BCUT2D eigenvalue weighted by atomic mass is 79.9. The first-order valence-electron chi connectivity index (χ1n) is 7.33. The Labute approximate surface area is 156 Å². The third-order valence-electron chi connectivity index (χ3n) is 3.87. The number of halogens is 2. The van der Waals surface area contributed by atoms with Gasteiger partial charge in [-0.15, -0.1) is 0 Å². The molecule has 0 radical (unpaired) electrons. The number of aliphatic imine (C=N–C) groups is 1. The minimum absolute atomic E-state index is 0.0000658. The van der Waals surface area contributed by atoms with Crippen LogP contribution in [0.2, 0.25) is 0 Å². The molecule has 0 saturated carbocycles. The first-order chi connectivity index (χ1) is 12.5. The number of rotatable bonds is 2. The largest absolute Gasteiger partial charge is 0.397 e. The highest BCUT2D eigenvalue weighted by Gasteiger charge is 2.31. The molecule has 1 aliphatic heterocycles. The summed E-state index contributed by atoms with van der Waals surface area (Å²) in [4.78, 5) is 8.44. The molecule has 1 atom stereocenters. The second-order valence-electron chi connectivity index (χ2n) is 5.39. The van der Waals surface area contributed by atoms with Crippen LogP contribution in [0.15, 0.2) is 23.2 Å². The van der Waals surface area contributed by atoms with Gasteiger partial charge in [0.15, 0.2) is 6.19 Å². The fourth-order valence-corrected chi connectivity index (χ4v) is 3.03. The van der Waals surface area contributed by atoms with E-state index < -0.39 is 11.9 Å². The van der Waals surface area contributed by atoms with E-state index in [0.717, 1.165) is 5.56 Å². The van der Waals surface area contributed by atoms with Gasteiger partial charge in [-0.3, -0.25) is 5.32 Å². The Bertz CT molecular complexity index is 1000. The molecule has 0 amide bonds. The van der Waals surface area contributed by atoms with Crippen LogP contribution in [0.1, 0.15) is 28.3 Å². The van der Waals surface area contributed by atoms with Gasteiger partial charge in [0.1, 0.15) is 35.1 Å². The lowest BCUT2D eigenvalue weighted by Crippen LogP contribution is -2.33. The molecule has 1 aromatic carbocycles. The van der Waals surface area contributed by atoms with Crippen molar-refractivity contribution < 1.29 is 4.39 Å². The summed E-state index contributed by atoms with van der Waals surface area (Å²) in [6, 6.07) is 5.71. The van der Waals surface area contributed by atoms with Crippen LogP contribution in [0.3, 0.4) is 0 Å². The number of hydrogen-bond donors (Lipinski definition) is 4. The number of nitrogen functional groups attached to an aromatic ring is 2. The van der Waals surface area contributed by atoms with Gasteiger partial charge in [0.2, 0.25) is 5.96 Å². The van der Waals surface area contributed by atoms with Gasteiger partial charge < -0.3 is 16.8 Å². The monoisotopic (exact) mass is 414 g/mol. The molecular weight excluding hydrogens is 403 g/mol. The van der Waals surface area contributed by atoms with E-state index in [9.17, 15) is 9.65 Å². The van der Waals surface area contributed by atoms with E-state index in [0.29, 0.717) is 10.9 Å². The van der Waals surface area contributed by atoms with E-state index >= 15 is 0 Å². The van der Waals surface area contributed by atoms with Crippen molar-refractivity contribution in [3.63, 3.8) is 0 Å². The van der Waals surface area contributed by atoms with Crippen LogP contribution in [-0.4, -0.2) is 10.9 Å². The topological polar surface area (TPSA) is 149 Å². The molecule has 2 aromatic rings. The molecule has 3 rings (SSSR count). The molecule has 1 unspecified atom stereocenters. The van der Waals surface area contributed by atoms with E-state index in [-0.39, 0.29) is 34.4 Å². The SMILES string of the molecule is N#CNC1=NC(c2ccc(CBr)cc2F)c2c(nc(N)c(C#N)c2N)N1. The third kappa shape index (κ3) is 2.87. The standard InChI is InChI=1S/C16H12BrFN8/c17-4-7-1-2-8(10(18)3-7)13-11-12(21)9(5-19)14(22)25-15(11)26-16(24-13)23-6-20/h1-3,13H,4H2,(H6,21,22,23,24,25,26). The van der Waals surface area contributed by atoms with Crippen molar-refractivity contribution in [2.45, 2.75) is 11.4 Å². The van der Waals surface area contributed by atoms with Crippen LogP contribution in [0.25, 0.3) is 0 Å². The minimum atomic E-state index is -0.897. The van der Waals surface area contributed by atoms with Gasteiger partial charge >= 0.3 is 0 Å². The summed E-state index contributed by atoms with van der Waals surface area (Å²) >= 11 is 3.28. The highest BCUT2D eigenvalue weighted by Crippen LogP contribution is 2.41. The predicted octanol–water partition coefficient (Wildman–Crippen LogP) is 2.09. The summed E-state index contributed by atoms with van der Waals surface area (Å²) in [6.45, 7) is 0. The average Bonchev–Trinajstić information content (AvgIpc) is 2.61. The van der Waals surface area contributed by atoms with Crippen molar-refractivity contribution >= 4 is 39.2 Å². The van der Waals surface area contributed by atoms with Gasteiger partial charge in [-0.05, 0) is 11.6 Å². The predicted molar refractivity (Wildman–Crippen MR) is 98.5 cm³/mol. The number of hydrogen-bond acceptors (Lipinski definition) is 8. The van der Waals surface area contributed by atoms with Crippen LogP contribution < -0.4 is 22.1 Å². The maximum atomic E-state index is 14.7. The molecular formula is C16H12BrFN8. The molecule has 1 aliphatic rings. The molecule has 6 N–H and O–H groups in total. The zero-order valence-corrected chi connectivity index (χ0v) is 14.8. The summed E-state index contributed by atoms with van der Waals surface area (Å²) in [5, 5.41) is 23.8. The zero-order valence-electron chi connectivity index (χ0n) is 13.2. The first kappa shape index (κ1) is 17.5. The minimum Gasteiger partial charge on any atom is -0.397 e. The number of nitrogens with two attached hydrogens (primary N) is 2. The van der Waals surface area contributed by atoms with Crippen molar-refractivity contribution in [2.75, 3.05) is 16.8 Å². The number of fused-ring (bicyclic) bond motifs is 1. The Kier molecular flexibility index (Phi) is 4.61. The van der Waals surface area contributed by atoms with Gasteiger partial charge in [0.05, 0.1) is 5.69 Å². The van der Waals surface area contributed by atoms with Crippen molar-refractivity contribution in [1.29, 1.82) is 10.5 Å². The number of nitrogens with zero attached hydrogens (tertiary/aromatic N) is 4. The maximum Gasteiger partial charge on any atom is 0.211 e. The molecule has 10 heteroatoms. The molecule has 0 bridgehead atoms. The number of alkyl halides is 1. The molecule has 26 heavy (non-hydrogen) atoms. The van der Waals surface area contributed by atoms with Gasteiger partial charge in [-0.1, -0.05) is 28.1 Å². The summed E-state index contributed by atoms with van der Waals surface area (Å²) in [5.74, 6) is -0.274. The highest BCUT2D eigenvalue weighted by molar-refractivity contribution is 9.08. The van der Waals surface area contributed by atoms with Gasteiger partial charge in [0.25, 0.3) is 0 Å². The summed E-state index contributed by atoms with van der Waals surface area (Å²) in [5.41, 5.74) is 13.2. The molecule has 0 saturated heterocycles. The average molecular weight is 415 g/mol. The Morgan fingerprint density at radius 2 is 2.12 bits per heavy atom. The van der Waals surface area contributed by atoms with E-state index in [2.05, 4.69) is 36.5 Å². The summed E-state index contributed by atoms with van der Waals surface area (Å²) in [6.07, 6.45) is 1.74. The van der Waals surface area contributed by atoms with Crippen molar-refractivity contribution in [1.82, 2.24) is 10.3 Å². The van der Waals surface area contributed by atoms with E-state index in [1.807, 2.05) is 6.07 Å². The van der Waals surface area contributed by atoms with Crippen molar-refractivity contribution in [3.05, 3.63) is 46.3 Å². The number of aromatic nitrogens is 1. The van der Waals surface area contributed by atoms with E-state index in [4.69, 9.17) is 16.7 Å². The zero-order chi connectivity index (χ0) is 18.8. The Balaban J connectivity index is 2.25. The first-order valence-corrected chi connectivity index (χ1v) is 8.45. The fourth-order valence-electron chi connectivity index (χ4n) is 2.68. The maximum absolute atomic E-state index is 14.7. The summed E-state index contributed by atoms with van der Waals surface area (Å²) in [7, 11) is 0. The molecule has 130 valence electrons. The third-order valence-corrected chi connectivity index (χ3v) is 4.52. The number of nitriles is 2. The fraction of sp³-hybridized carbons (Fsp3) is 0.125. The van der Waals surface area contributed by atoms with Gasteiger partial charge in [0, 0.05) is 16.5 Å². The number of nitrogens with one attached hydrogen (secondary N) is 2. The van der Waals surface area contributed by atoms with Crippen LogP contribution in [0.5, 0.6) is 0 Å². The van der Waals surface area contributed by atoms with Crippen LogP contribution in [0.4, 0.5) is 21.7 Å². The second-order valence-corrected chi connectivity index (χ2v) is 5.95. The van der Waals surface area contributed by atoms with E-state index in [1.165, 1.54) is 6.07 Å². The normalized spacial score (nSPS) is 15.1. The van der Waals surface area contributed by atoms with Gasteiger partial charge in [-0.2, -0.15) is 10.5 Å². The van der Waals surface area contributed by atoms with E-state index in [1.54, 1.807) is 18.3 Å². The molecule has 1 aromatic heterocycles. The van der Waals surface area contributed by atoms with Crippen LogP contribution in [0, 0.1) is 28.6 Å². The van der Waals surface area contributed by atoms with Crippen LogP contribution >= 0.6 is 15.9 Å². The lowest BCUT2D eigenvalue weighted by Gasteiger charge is -2.26. The molecule has 0 fully saturated rings. The molecule has 0 aliphatic carbocycles. The smallest absolute Gasteiger partial charge is 0.211 e. The van der Waals surface area contributed by atoms with Crippen molar-refractivity contribution in [2.24, 2.45) is 4.99 Å². The number of pyridine rings is 1. The Morgan fingerprint density at radius 1 is 1.35 bits per heavy atom. The number of guanidine groups is 1. The number of benzene rings is 1. The Hall–Kier alpha value is -3.37. The molecule has 8 nitrogen and oxygen atoms in total. The van der Waals surface area contributed by atoms with Gasteiger partial charge in [-0.25, -0.2) is 14.4 Å². The number of anilines is 3. The molecule has 2 heterocycles. The Morgan fingerprint density at radius 3 is 2.73 bits per heavy atom.